The molecule has 0 aliphatic carbocycles. The van der Waals surface area contributed by atoms with Crippen LogP contribution in [0, 0.1) is 5.92 Å². The van der Waals surface area contributed by atoms with Crippen LogP contribution in [-0.2, 0) is 0 Å². The Labute approximate surface area is 78.9 Å². The van der Waals surface area contributed by atoms with Gasteiger partial charge < -0.3 is 15.3 Å². The van der Waals surface area contributed by atoms with Crippen molar-refractivity contribution in [2.45, 2.75) is 19.8 Å². The third-order valence-electron chi connectivity index (χ3n) is 2.39. The van der Waals surface area contributed by atoms with Crippen molar-refractivity contribution < 1.29 is 9.90 Å². The number of hydrogen-bond donors (Lipinski definition) is 2. The molecular weight excluding hydrogens is 168 g/mol. The summed E-state index contributed by atoms with van der Waals surface area (Å²) in [7, 11) is 0. The highest BCUT2D eigenvalue weighted by atomic mass is 16.3. The second-order valence-corrected chi connectivity index (χ2v) is 3.47. The van der Waals surface area contributed by atoms with E-state index in [-0.39, 0.29) is 18.6 Å². The van der Waals surface area contributed by atoms with Crippen molar-refractivity contribution in [3.05, 3.63) is 0 Å². The highest BCUT2D eigenvalue weighted by Crippen LogP contribution is 2.15. The van der Waals surface area contributed by atoms with Gasteiger partial charge in [-0.25, -0.2) is 4.79 Å². The fraction of sp³-hybridized carbons (Fsp3) is 0.889. The highest BCUT2D eigenvalue weighted by molar-refractivity contribution is 5.74. The van der Waals surface area contributed by atoms with Crippen molar-refractivity contribution in [3.8, 4) is 0 Å². The van der Waals surface area contributed by atoms with Crippen LogP contribution in [0.25, 0.3) is 0 Å². The molecule has 1 aliphatic rings. The number of amides is 2. The monoisotopic (exact) mass is 186 g/mol. The van der Waals surface area contributed by atoms with Crippen molar-refractivity contribution in [1.82, 2.24) is 10.2 Å². The first-order chi connectivity index (χ1) is 6.27. The van der Waals surface area contributed by atoms with Crippen LogP contribution in [0.4, 0.5) is 4.79 Å². The van der Waals surface area contributed by atoms with Crippen LogP contribution in [0.3, 0.4) is 0 Å². The van der Waals surface area contributed by atoms with Crippen molar-refractivity contribution in [2.75, 3.05) is 26.2 Å². The van der Waals surface area contributed by atoms with E-state index in [1.165, 1.54) is 0 Å². The molecule has 0 aromatic heterocycles. The quantitative estimate of drug-likeness (QED) is 0.656. The van der Waals surface area contributed by atoms with Crippen molar-refractivity contribution in [2.24, 2.45) is 5.92 Å². The smallest absolute Gasteiger partial charge is 0.317 e. The number of urea groups is 1. The van der Waals surface area contributed by atoms with E-state index >= 15 is 0 Å². The molecule has 1 saturated heterocycles. The average molecular weight is 186 g/mol. The van der Waals surface area contributed by atoms with Gasteiger partial charge in [0.2, 0.25) is 0 Å². The lowest BCUT2D eigenvalue weighted by Crippen LogP contribution is -2.46. The summed E-state index contributed by atoms with van der Waals surface area (Å²) in [6.07, 6.45) is 2.04. The fourth-order valence-electron chi connectivity index (χ4n) is 1.66. The van der Waals surface area contributed by atoms with Gasteiger partial charge in [-0.1, -0.05) is 0 Å². The van der Waals surface area contributed by atoms with E-state index < -0.39 is 0 Å². The summed E-state index contributed by atoms with van der Waals surface area (Å²) < 4.78 is 0. The van der Waals surface area contributed by atoms with Gasteiger partial charge in [0, 0.05) is 26.2 Å². The molecule has 0 radical (unpaired) electrons. The maximum absolute atomic E-state index is 11.4. The predicted molar refractivity (Wildman–Crippen MR) is 50.5 cm³/mol. The molecule has 1 fully saturated rings. The Morgan fingerprint density at radius 1 is 1.69 bits per heavy atom. The Morgan fingerprint density at radius 3 is 3.08 bits per heavy atom. The Balaban J connectivity index is 2.37. The van der Waals surface area contributed by atoms with Gasteiger partial charge in [-0.3, -0.25) is 0 Å². The molecule has 4 nitrogen and oxygen atoms in total. The van der Waals surface area contributed by atoms with Gasteiger partial charge in [0.15, 0.2) is 0 Å². The van der Waals surface area contributed by atoms with Gasteiger partial charge in [0.25, 0.3) is 0 Å². The summed E-state index contributed by atoms with van der Waals surface area (Å²) in [6, 6.07) is 0.000602. The summed E-state index contributed by atoms with van der Waals surface area (Å²) in [4.78, 5) is 13.2. The molecule has 0 spiro atoms. The van der Waals surface area contributed by atoms with Gasteiger partial charge in [-0.15, -0.1) is 0 Å². The van der Waals surface area contributed by atoms with E-state index in [0.29, 0.717) is 13.1 Å². The Kier molecular flexibility index (Phi) is 4.02. The molecule has 0 aromatic carbocycles. The minimum Gasteiger partial charge on any atom is -0.396 e. The van der Waals surface area contributed by atoms with Crippen LogP contribution >= 0.6 is 0 Å². The molecule has 13 heavy (non-hydrogen) atoms. The molecule has 0 unspecified atom stereocenters. The lowest BCUT2D eigenvalue weighted by Gasteiger charge is -2.31. The van der Waals surface area contributed by atoms with Gasteiger partial charge in [-0.05, 0) is 25.7 Å². The largest absolute Gasteiger partial charge is 0.396 e. The van der Waals surface area contributed by atoms with Crippen LogP contribution in [0.15, 0.2) is 0 Å². The standard InChI is InChI=1S/C9H18N2O2/c1-2-10-9(13)11-5-3-4-8(6-11)7-12/h8,12H,2-7H2,1H3,(H,10,13)/t8-/m1/s1. The van der Waals surface area contributed by atoms with Crippen LogP contribution in [0.1, 0.15) is 19.8 Å². The molecule has 4 heteroatoms. The lowest BCUT2D eigenvalue weighted by molar-refractivity contribution is 0.130. The number of carbonyl (C=O) groups excluding carboxylic acids is 1. The molecule has 1 heterocycles. The zero-order chi connectivity index (χ0) is 9.68. The van der Waals surface area contributed by atoms with E-state index in [2.05, 4.69) is 5.32 Å². The van der Waals surface area contributed by atoms with E-state index in [4.69, 9.17) is 5.11 Å². The number of likely N-dealkylation sites (tertiary alicyclic amines) is 1. The molecular formula is C9H18N2O2. The summed E-state index contributed by atoms with van der Waals surface area (Å²) in [5, 5.41) is 11.7. The molecule has 0 saturated carbocycles. The number of piperidine rings is 1. The maximum atomic E-state index is 11.4. The number of nitrogens with one attached hydrogen (secondary N) is 1. The number of hydrogen-bond acceptors (Lipinski definition) is 2. The number of nitrogens with zero attached hydrogens (tertiary/aromatic N) is 1. The molecule has 2 amide bonds. The first-order valence-corrected chi connectivity index (χ1v) is 4.91. The molecule has 1 rings (SSSR count). The van der Waals surface area contributed by atoms with Crippen LogP contribution in [0.5, 0.6) is 0 Å². The number of aliphatic hydroxyl groups excluding tert-OH is 1. The van der Waals surface area contributed by atoms with E-state index in [1.807, 2.05) is 6.92 Å². The summed E-state index contributed by atoms with van der Waals surface area (Å²) in [5.41, 5.74) is 0. The second-order valence-electron chi connectivity index (χ2n) is 3.47. The second kappa shape index (κ2) is 5.07. The normalized spacial score (nSPS) is 22.9. The minimum absolute atomic E-state index is 0.000602. The molecule has 2 N–H and O–H groups in total. The molecule has 0 aromatic rings. The molecule has 1 atom stereocenters. The average Bonchev–Trinajstić information content (AvgIpc) is 2.18. The maximum Gasteiger partial charge on any atom is 0.317 e. The predicted octanol–water partition coefficient (Wildman–Crippen LogP) is 0.420. The third-order valence-corrected chi connectivity index (χ3v) is 2.39. The van der Waals surface area contributed by atoms with Crippen LogP contribution < -0.4 is 5.32 Å². The summed E-state index contributed by atoms with van der Waals surface area (Å²) in [5.74, 6) is 0.274. The Morgan fingerprint density at radius 2 is 2.46 bits per heavy atom. The van der Waals surface area contributed by atoms with Gasteiger partial charge in [0.05, 0.1) is 0 Å². The zero-order valence-corrected chi connectivity index (χ0v) is 8.12. The first-order valence-electron chi connectivity index (χ1n) is 4.91. The number of rotatable bonds is 2. The van der Waals surface area contributed by atoms with E-state index in [9.17, 15) is 4.79 Å². The minimum atomic E-state index is 0.000602. The molecule has 76 valence electrons. The van der Waals surface area contributed by atoms with Gasteiger partial charge >= 0.3 is 6.03 Å². The summed E-state index contributed by atoms with van der Waals surface area (Å²) >= 11 is 0. The SMILES string of the molecule is CCNC(=O)N1CCC[C@@H](CO)C1. The Bertz CT molecular complexity index is 173. The number of aliphatic hydroxyl groups is 1. The van der Waals surface area contributed by atoms with Crippen molar-refractivity contribution in [1.29, 1.82) is 0 Å². The van der Waals surface area contributed by atoms with E-state index in [1.54, 1.807) is 4.90 Å². The lowest BCUT2D eigenvalue weighted by atomic mass is 9.99. The van der Waals surface area contributed by atoms with Gasteiger partial charge in [0.1, 0.15) is 0 Å². The third kappa shape index (κ3) is 2.88. The molecule has 1 aliphatic heterocycles. The van der Waals surface area contributed by atoms with Crippen LogP contribution in [0.2, 0.25) is 0 Å². The zero-order valence-electron chi connectivity index (χ0n) is 8.12. The Hall–Kier alpha value is -0.770. The first kappa shape index (κ1) is 10.3. The fourth-order valence-corrected chi connectivity index (χ4v) is 1.66. The van der Waals surface area contributed by atoms with E-state index in [0.717, 1.165) is 19.4 Å². The van der Waals surface area contributed by atoms with Gasteiger partial charge in [-0.2, -0.15) is 0 Å². The van der Waals surface area contributed by atoms with Crippen LogP contribution in [-0.4, -0.2) is 42.3 Å². The topological polar surface area (TPSA) is 52.6 Å². The highest BCUT2D eigenvalue weighted by Gasteiger charge is 2.22. The summed E-state index contributed by atoms with van der Waals surface area (Å²) in [6.45, 7) is 4.28. The van der Waals surface area contributed by atoms with Crippen molar-refractivity contribution >= 4 is 6.03 Å². The number of carbonyl (C=O) groups is 1. The van der Waals surface area contributed by atoms with Crippen molar-refractivity contribution in [3.63, 3.8) is 0 Å². The molecule has 0 bridgehead atoms.